The lowest BCUT2D eigenvalue weighted by atomic mass is 10.0. The summed E-state index contributed by atoms with van der Waals surface area (Å²) in [6.45, 7) is 6.11. The highest BCUT2D eigenvalue weighted by Gasteiger charge is 2.44. The molecule has 2 fully saturated rings. The van der Waals surface area contributed by atoms with Crippen molar-refractivity contribution in [1.29, 1.82) is 10.8 Å². The maximum atomic E-state index is 15.0. The maximum absolute atomic E-state index is 15.0. The molecule has 2 saturated heterocycles. The number of amides is 11. The number of carboxylic acids is 1. The second-order valence-corrected chi connectivity index (χ2v) is 30.1. The van der Waals surface area contributed by atoms with Crippen molar-refractivity contribution in [2.24, 2.45) is 28.9 Å². The number of primary amides is 1. The van der Waals surface area contributed by atoms with Crippen LogP contribution in [-0.2, 0) is 70.4 Å². The Morgan fingerprint density at radius 1 is 0.633 bits per heavy atom. The molecule has 0 radical (unpaired) electrons. The van der Waals surface area contributed by atoms with Crippen molar-refractivity contribution in [3.63, 3.8) is 0 Å². The average molecular weight is 1680 g/mol. The van der Waals surface area contributed by atoms with Crippen molar-refractivity contribution in [2.45, 2.75) is 204 Å². The second-order valence-electron chi connectivity index (χ2n) is 30.1. The largest absolute Gasteiger partial charge is 0.497 e. The van der Waals surface area contributed by atoms with E-state index in [2.05, 4.69) is 58.2 Å². The number of unbranched alkanes of at least 4 members (excludes halogenated alkanes) is 2. The zero-order chi connectivity index (χ0) is 88.0. The number of nitrogens with zero attached hydrogens (tertiary/aromatic N) is 5. The number of H-pyrrole nitrogens is 1. The van der Waals surface area contributed by atoms with Gasteiger partial charge in [-0.25, -0.2) is 4.79 Å². The van der Waals surface area contributed by atoms with Gasteiger partial charge in [0.05, 0.1) is 36.0 Å². The first-order chi connectivity index (χ1) is 57.1. The van der Waals surface area contributed by atoms with Crippen LogP contribution >= 0.6 is 0 Å². The molecule has 9 unspecified atom stereocenters. The lowest BCUT2D eigenvalue weighted by Crippen LogP contribution is -2.60. The number of non-ortho nitro benzene ring substituents is 1. The summed E-state index contributed by atoms with van der Waals surface area (Å²) in [4.78, 5) is 212. The minimum atomic E-state index is -1.66. The predicted molar refractivity (Wildman–Crippen MR) is 439 cm³/mol. The summed E-state index contributed by atoms with van der Waals surface area (Å²) in [7, 11) is 1.44. The van der Waals surface area contributed by atoms with E-state index in [-0.39, 0.29) is 134 Å². The normalized spacial score (nSPS) is 15.5. The predicted octanol–water partition coefficient (Wildman–Crippen LogP) is 0.441. The van der Waals surface area contributed by atoms with E-state index in [1.807, 2.05) is 0 Å². The van der Waals surface area contributed by atoms with Gasteiger partial charge in [-0.15, -0.1) is 0 Å². The van der Waals surface area contributed by atoms with Gasteiger partial charge in [-0.2, -0.15) is 0 Å². The molecule has 42 heteroatoms. The zero-order valence-electron chi connectivity index (χ0n) is 67.7. The number of ether oxygens (including phenoxy) is 1. The Morgan fingerprint density at radius 3 is 1.82 bits per heavy atom. The number of hydrogen-bond acceptors (Lipinski definition) is 23. The van der Waals surface area contributed by atoms with Crippen molar-refractivity contribution >= 4 is 122 Å². The molecule has 9 atom stereocenters. The zero-order valence-corrected chi connectivity index (χ0v) is 67.7. The van der Waals surface area contributed by atoms with Crippen molar-refractivity contribution in [3.05, 3.63) is 115 Å². The summed E-state index contributed by atoms with van der Waals surface area (Å²) in [5.41, 5.74) is 22.6. The molecule has 3 aromatic carbocycles. The Hall–Kier alpha value is -13.0. The summed E-state index contributed by atoms with van der Waals surface area (Å²) in [6, 6.07) is 2.96. The number of guanidine groups is 2. The standard InChI is InChI=1S/C78H110N22O20/c1-43(2)67(95-72(110)60-23-15-35-97(60)75(113)56(19-8-10-30-79)93-71(109)59-22-14-34-96(59)74(112)55(21-13-33-87-78(83)84)89-63(101)37-45-38-66(105)120-62-40-48(119-5)25-26-50(45)62)73(111)94-57(28-29-65(103)104)76(114)98(44(3)4)42-64(102)90-58(36-46-41-88-51-17-7-6-16-49(46)51)70(108)92-54(20-12-32-86-77(81)82)69(107)91-53(68(80)106)18-9-11-31-85-52-27-24-47(99(115)116)39-61(52)100(117)118/h6-7,16-17,24-27,38-41,43-44,53-60,67,85,88H,8-15,18-23,28-37,42,79H2,1-5H3,(H2,80,106)(H,89,101)(H,90,102)(H,91,107)(H,92,108)(H,93,109)(H,94,111)(H,95,110)(H,103,104)(H4,81,82,86)(H4,83,84,87). The number of benzene rings is 3. The van der Waals surface area contributed by atoms with Crippen LogP contribution in [-0.4, -0.2) is 231 Å². The van der Waals surface area contributed by atoms with Crippen LogP contribution in [0.3, 0.4) is 0 Å². The van der Waals surface area contributed by atoms with Gasteiger partial charge < -0.3 is 110 Å². The van der Waals surface area contributed by atoms with Gasteiger partial charge in [0.2, 0.25) is 65.0 Å². The molecule has 2 aromatic heterocycles. The number of fused-ring (bicyclic) bond motifs is 2. The van der Waals surface area contributed by atoms with E-state index in [1.54, 1.807) is 56.4 Å². The third-order valence-corrected chi connectivity index (χ3v) is 20.6. The van der Waals surface area contributed by atoms with Gasteiger partial charge in [0.15, 0.2) is 11.9 Å². The van der Waals surface area contributed by atoms with E-state index in [1.165, 1.54) is 49.0 Å². The van der Waals surface area contributed by atoms with Gasteiger partial charge in [0.1, 0.15) is 71.4 Å². The number of rotatable bonds is 48. The molecule has 22 N–H and O–H groups in total. The minimum Gasteiger partial charge on any atom is -0.497 e. The van der Waals surface area contributed by atoms with Crippen LogP contribution in [0, 0.1) is 37.0 Å². The van der Waals surface area contributed by atoms with Crippen molar-refractivity contribution in [1.82, 2.24) is 67.5 Å². The van der Waals surface area contributed by atoms with E-state index >= 15 is 0 Å². The fourth-order valence-corrected chi connectivity index (χ4v) is 14.4. The number of nitrogens with two attached hydrogens (primary N) is 4. The maximum Gasteiger partial charge on any atom is 0.336 e. The number of nitro groups is 2. The topological polar surface area (TPSA) is 648 Å². The first-order valence-corrected chi connectivity index (χ1v) is 39.8. The van der Waals surface area contributed by atoms with E-state index in [0.29, 0.717) is 58.8 Å². The molecular weight excluding hydrogens is 1560 g/mol. The third-order valence-electron chi connectivity index (χ3n) is 20.6. The van der Waals surface area contributed by atoms with Crippen LogP contribution in [0.1, 0.15) is 142 Å². The van der Waals surface area contributed by atoms with E-state index < -0.39 is 189 Å². The van der Waals surface area contributed by atoms with Crippen LogP contribution in [0.15, 0.2) is 82.1 Å². The van der Waals surface area contributed by atoms with Gasteiger partial charge >= 0.3 is 11.6 Å². The third kappa shape index (κ3) is 27.5. The molecule has 2 aliphatic heterocycles. The Balaban J connectivity index is 1.04. The number of hydrogen-bond donors (Lipinski definition) is 18. The fraction of sp³-hybridized carbons (Fsp3) is 0.526. The van der Waals surface area contributed by atoms with Crippen LogP contribution in [0.5, 0.6) is 5.75 Å². The van der Waals surface area contributed by atoms with Gasteiger partial charge in [-0.05, 0) is 158 Å². The van der Waals surface area contributed by atoms with E-state index in [0.717, 1.165) is 17.0 Å². The second kappa shape index (κ2) is 45.6. The van der Waals surface area contributed by atoms with Gasteiger partial charge in [0, 0.05) is 92.3 Å². The van der Waals surface area contributed by atoms with Gasteiger partial charge in [0.25, 0.3) is 11.4 Å². The van der Waals surface area contributed by atoms with E-state index in [4.69, 9.17) is 42.9 Å². The van der Waals surface area contributed by atoms with Crippen LogP contribution in [0.25, 0.3) is 21.9 Å². The average Bonchev–Trinajstić information content (AvgIpc) is 1.24. The van der Waals surface area contributed by atoms with E-state index in [9.17, 15) is 87.7 Å². The first kappa shape index (κ1) is 94.1. The number of methoxy groups -OCH3 is 1. The summed E-state index contributed by atoms with van der Waals surface area (Å²) >= 11 is 0. The molecule has 0 saturated carbocycles. The highest BCUT2D eigenvalue weighted by molar-refractivity contribution is 6.00. The highest BCUT2D eigenvalue weighted by Crippen LogP contribution is 2.31. The van der Waals surface area contributed by atoms with Crippen molar-refractivity contribution in [3.8, 4) is 5.75 Å². The number of carbonyl (C=O) groups is 12. The first-order valence-electron chi connectivity index (χ1n) is 39.8. The molecule has 0 bridgehead atoms. The molecule has 2 aliphatic rings. The lowest BCUT2D eigenvalue weighted by molar-refractivity contribution is -0.393. The van der Waals surface area contributed by atoms with Crippen LogP contribution in [0.4, 0.5) is 17.1 Å². The molecular formula is C78H110N22O20. The molecule has 42 nitrogen and oxygen atoms in total. The van der Waals surface area contributed by atoms with Gasteiger partial charge in [-0.3, -0.25) is 88.6 Å². The summed E-state index contributed by atoms with van der Waals surface area (Å²) < 4.78 is 10.6. The fourth-order valence-electron chi connectivity index (χ4n) is 14.4. The number of carbonyl (C=O) groups excluding carboxylic acids is 11. The molecule has 652 valence electrons. The summed E-state index contributed by atoms with van der Waals surface area (Å²) in [5.74, 6) is -11.4. The number of aliphatic carboxylic acids is 1. The van der Waals surface area contributed by atoms with Crippen LogP contribution < -0.4 is 86.5 Å². The van der Waals surface area contributed by atoms with Crippen LogP contribution in [0.2, 0.25) is 0 Å². The van der Waals surface area contributed by atoms with Crippen molar-refractivity contribution < 1.29 is 81.6 Å². The Morgan fingerprint density at radius 2 is 1.22 bits per heavy atom. The monoisotopic (exact) mass is 1670 g/mol. The molecule has 7 rings (SSSR count). The minimum absolute atomic E-state index is 0.00251. The Kier molecular flexibility index (Phi) is 35.8. The molecule has 120 heavy (non-hydrogen) atoms. The molecule has 4 heterocycles. The summed E-state index contributed by atoms with van der Waals surface area (Å²) in [6.07, 6.45) is 2.24. The number of aromatic amines is 1. The number of carboxylic acid groups (broad SMARTS) is 1. The number of nitrogens with one attached hydrogen (secondary N) is 13. The molecule has 0 spiro atoms. The lowest BCUT2D eigenvalue weighted by Gasteiger charge is -2.33. The number of likely N-dealkylation sites (tertiary alicyclic amines) is 2. The Bertz CT molecular complexity index is 4610. The smallest absolute Gasteiger partial charge is 0.336 e. The Labute approximate surface area is 690 Å². The quantitative estimate of drug-likeness (QED) is 0.00627. The summed E-state index contributed by atoms with van der Waals surface area (Å²) in [5, 5.41) is 76.4. The number of aromatic nitrogens is 1. The number of para-hydroxylation sites is 1. The van der Waals surface area contributed by atoms with Gasteiger partial charge in [-0.1, -0.05) is 32.0 Å². The SMILES string of the molecule is COc1ccc2c(CC(=O)NC(CCCNC(=N)N)C(=O)N3CCCC3C(=O)NC(CCCCN)C(=O)N3CCCC3C(=O)NC(C(=O)NC(CCC(=O)O)C(=O)N(CC(=O)NC(Cc3c[nH]c4ccccc34)C(=O)NC(CCCNC(=N)N)C(=O)NC(CCCCNc3ccc([N+](=O)[O-])cc3[N+](=O)[O-])C(N)=O)C(C)C)C(C)C)cc(=O)oc2c1. The number of nitro benzene ring substituents is 2. The molecule has 11 amide bonds. The highest BCUT2D eigenvalue weighted by atomic mass is 16.6. The number of anilines is 1. The van der Waals surface area contributed by atoms with Crippen molar-refractivity contribution in [2.75, 3.05) is 58.2 Å². The molecule has 5 aromatic rings. The molecule has 0 aliphatic carbocycles.